The monoisotopic (exact) mass is 730 g/mol. The van der Waals surface area contributed by atoms with Gasteiger partial charge in [0.2, 0.25) is 4.80 Å². The lowest BCUT2D eigenvalue weighted by molar-refractivity contribution is -0.385. The van der Waals surface area contributed by atoms with Gasteiger partial charge >= 0.3 is 16.8 Å². The Morgan fingerprint density at radius 3 is 2.46 bits per heavy atom. The number of halogens is 4. The number of hydrogen-bond donors (Lipinski definition) is 1. The first-order chi connectivity index (χ1) is 21.9. The highest BCUT2D eigenvalue weighted by Crippen LogP contribution is 2.34. The number of carbonyl (C=O) groups excluding carboxylic acids is 1. The van der Waals surface area contributed by atoms with Gasteiger partial charge in [-0.15, -0.1) is 11.8 Å². The summed E-state index contributed by atoms with van der Waals surface area (Å²) in [6.45, 7) is 1.29. The van der Waals surface area contributed by atoms with E-state index in [2.05, 4.69) is 9.73 Å². The fourth-order valence-electron chi connectivity index (χ4n) is 4.07. The van der Waals surface area contributed by atoms with Crippen molar-refractivity contribution in [3.8, 4) is 11.5 Å². The van der Waals surface area contributed by atoms with Crippen molar-refractivity contribution >= 4 is 81.2 Å². The predicted octanol–water partition coefficient (Wildman–Crippen LogP) is 7.19. The maximum absolute atomic E-state index is 14.2. The van der Waals surface area contributed by atoms with E-state index in [1.807, 2.05) is 0 Å². The Labute approximate surface area is 282 Å². The number of thioether (sulfide) groups is 1. The molecule has 0 unspecified atom stereocenters. The number of rotatable bonds is 8. The third-order valence-electron chi connectivity index (χ3n) is 6.15. The number of carbonyl (C=O) groups is 2. The second-order valence-corrected chi connectivity index (χ2v) is 12.4. The highest BCUT2D eigenvalue weighted by Gasteiger charge is 2.22. The molecule has 1 aliphatic rings. The summed E-state index contributed by atoms with van der Waals surface area (Å²) in [6.07, 6.45) is 1.87. The van der Waals surface area contributed by atoms with E-state index in [9.17, 15) is 28.9 Å². The molecule has 2 heterocycles. The molecule has 0 atom stereocenters. The van der Waals surface area contributed by atoms with Gasteiger partial charge in [-0.1, -0.05) is 34.8 Å². The van der Waals surface area contributed by atoms with E-state index in [-0.39, 0.29) is 43.4 Å². The number of benzene rings is 3. The van der Waals surface area contributed by atoms with Crippen molar-refractivity contribution in [1.29, 1.82) is 0 Å². The Morgan fingerprint density at radius 2 is 1.80 bits per heavy atom. The van der Waals surface area contributed by atoms with Crippen LogP contribution in [0, 0.1) is 15.9 Å². The minimum atomic E-state index is -0.992. The molecular formula is C28H22Cl3FN4O8S2. The number of nitro benzene ring substituents is 1. The zero-order valence-electron chi connectivity index (χ0n) is 23.6. The molecule has 0 amide bonds. The van der Waals surface area contributed by atoms with Crippen molar-refractivity contribution in [3.63, 3.8) is 0 Å². The summed E-state index contributed by atoms with van der Waals surface area (Å²) in [7, 11) is 1.13. The largest absolute Gasteiger partial charge is 0.481 e. The maximum atomic E-state index is 14.2. The van der Waals surface area contributed by atoms with E-state index < -0.39 is 22.7 Å². The number of carboxylic acid groups (broad SMARTS) is 1. The van der Waals surface area contributed by atoms with Gasteiger partial charge in [-0.3, -0.25) is 24.4 Å². The van der Waals surface area contributed by atoms with E-state index >= 15 is 0 Å². The van der Waals surface area contributed by atoms with Crippen LogP contribution in [0.4, 0.5) is 15.8 Å². The fraction of sp³-hybridized carbons (Fsp3) is 0.214. The van der Waals surface area contributed by atoms with Crippen molar-refractivity contribution in [2.75, 3.05) is 12.9 Å². The SMILES string of the molecule is COC(=O)c1cc(Oc2ccc(Cl)cc2Cl)ccc1[N+](=O)[O-].O=C(O)CSc1cc(N=c2sc(=O)n3n2CCCC3)c(F)cc1Cl. The van der Waals surface area contributed by atoms with Crippen LogP contribution in [0.25, 0.3) is 0 Å². The summed E-state index contributed by atoms with van der Waals surface area (Å²) in [5, 5.41) is 20.5. The van der Waals surface area contributed by atoms with Crippen molar-refractivity contribution in [2.45, 2.75) is 30.8 Å². The van der Waals surface area contributed by atoms with Gasteiger partial charge in [-0.25, -0.2) is 18.9 Å². The molecule has 0 saturated carbocycles. The van der Waals surface area contributed by atoms with Crippen LogP contribution in [-0.2, 0) is 22.6 Å². The van der Waals surface area contributed by atoms with Crippen LogP contribution in [0.5, 0.6) is 11.5 Å². The van der Waals surface area contributed by atoms with Gasteiger partial charge < -0.3 is 14.6 Å². The first-order valence-electron chi connectivity index (χ1n) is 13.1. The molecule has 242 valence electrons. The summed E-state index contributed by atoms with van der Waals surface area (Å²) >= 11 is 19.7. The zero-order chi connectivity index (χ0) is 33.5. The highest BCUT2D eigenvalue weighted by atomic mass is 35.5. The van der Waals surface area contributed by atoms with Crippen LogP contribution >= 0.6 is 57.9 Å². The van der Waals surface area contributed by atoms with Crippen molar-refractivity contribution in [1.82, 2.24) is 9.36 Å². The molecule has 1 aromatic heterocycles. The molecule has 18 heteroatoms. The summed E-state index contributed by atoms with van der Waals surface area (Å²) in [5.41, 5.74) is -0.550. The Balaban J connectivity index is 0.000000210. The van der Waals surface area contributed by atoms with Crippen LogP contribution in [0.1, 0.15) is 23.2 Å². The predicted molar refractivity (Wildman–Crippen MR) is 172 cm³/mol. The third kappa shape index (κ3) is 8.67. The molecule has 46 heavy (non-hydrogen) atoms. The molecule has 12 nitrogen and oxygen atoms in total. The van der Waals surface area contributed by atoms with Crippen LogP contribution in [0.2, 0.25) is 15.1 Å². The lowest BCUT2D eigenvalue weighted by Gasteiger charge is -2.15. The number of nitro groups is 1. The van der Waals surface area contributed by atoms with Gasteiger partial charge in [0.05, 0.1) is 27.8 Å². The minimum Gasteiger partial charge on any atom is -0.481 e. The van der Waals surface area contributed by atoms with Crippen LogP contribution < -0.4 is 14.4 Å². The maximum Gasteiger partial charge on any atom is 0.345 e. The summed E-state index contributed by atoms with van der Waals surface area (Å²) in [6, 6.07) is 10.9. The number of aromatic nitrogens is 2. The molecule has 0 aliphatic carbocycles. The summed E-state index contributed by atoms with van der Waals surface area (Å²) < 4.78 is 27.6. The molecule has 5 rings (SSSR count). The molecule has 0 spiro atoms. The smallest absolute Gasteiger partial charge is 0.345 e. The number of hydrogen-bond acceptors (Lipinski definition) is 10. The Morgan fingerprint density at radius 1 is 1.09 bits per heavy atom. The standard InChI is InChI=1S/C14H9Cl2NO5.C14H13ClFN3O3S2/c1-21-14(18)10-7-9(3-4-12(10)17(19)20)22-13-5-2-8(15)6-11(13)16;15-8-5-9(16)10(6-11(8)23-7-12(20)21)17-13-18-3-1-2-4-19(18)14(22)24-13/h2-7H,1H3;5-6H,1-4,7H2,(H,20,21). The van der Waals surface area contributed by atoms with Gasteiger partial charge in [0.1, 0.15) is 28.6 Å². The quantitative estimate of drug-likeness (QED) is 0.0858. The molecule has 0 saturated heterocycles. The molecular weight excluding hydrogens is 710 g/mol. The fourth-order valence-corrected chi connectivity index (χ4v) is 6.39. The Kier molecular flexibility index (Phi) is 11.9. The van der Waals surface area contributed by atoms with Gasteiger partial charge in [-0.2, -0.15) is 0 Å². The van der Waals surface area contributed by atoms with E-state index in [1.54, 1.807) is 21.5 Å². The van der Waals surface area contributed by atoms with Crippen LogP contribution in [0.3, 0.4) is 0 Å². The van der Waals surface area contributed by atoms with Crippen LogP contribution in [-0.4, -0.2) is 44.2 Å². The second kappa shape index (κ2) is 15.6. The van der Waals surface area contributed by atoms with Gasteiger partial charge in [0.25, 0.3) is 5.69 Å². The average molecular weight is 732 g/mol. The Hall–Kier alpha value is -3.89. The van der Waals surface area contributed by atoms with E-state index in [0.717, 1.165) is 55.2 Å². The lowest BCUT2D eigenvalue weighted by atomic mass is 10.1. The Bertz CT molecular complexity index is 1950. The van der Waals surface area contributed by atoms with Gasteiger partial charge in [-0.05, 0) is 60.6 Å². The number of fused-ring (bicyclic) bond motifs is 1. The van der Waals surface area contributed by atoms with E-state index in [1.165, 1.54) is 24.3 Å². The number of nitrogens with zero attached hydrogens (tertiary/aromatic N) is 4. The van der Waals surface area contributed by atoms with Crippen molar-refractivity contribution in [3.05, 3.63) is 99.6 Å². The zero-order valence-corrected chi connectivity index (χ0v) is 27.5. The molecule has 1 N–H and O–H groups in total. The molecule has 0 radical (unpaired) electrons. The average Bonchev–Trinajstić information content (AvgIpc) is 3.33. The van der Waals surface area contributed by atoms with E-state index in [4.69, 9.17) is 44.6 Å². The van der Waals surface area contributed by atoms with Crippen LogP contribution in [0.15, 0.2) is 63.2 Å². The number of carboxylic acids is 1. The van der Waals surface area contributed by atoms with Crippen molar-refractivity contribution in [2.24, 2.45) is 4.99 Å². The molecule has 3 aromatic carbocycles. The lowest BCUT2D eigenvalue weighted by Crippen LogP contribution is -2.31. The minimum absolute atomic E-state index is 0.0370. The summed E-state index contributed by atoms with van der Waals surface area (Å²) in [4.78, 5) is 49.6. The number of esters is 1. The van der Waals surface area contributed by atoms with Gasteiger partial charge in [0, 0.05) is 35.1 Å². The van der Waals surface area contributed by atoms with E-state index in [0.29, 0.717) is 33.6 Å². The number of ether oxygens (including phenoxy) is 2. The number of aliphatic carboxylic acids is 1. The number of methoxy groups -OCH3 is 1. The highest BCUT2D eigenvalue weighted by molar-refractivity contribution is 8.00. The third-order valence-corrected chi connectivity index (χ3v) is 9.02. The normalized spacial score (nSPS) is 12.5. The topological polar surface area (TPSA) is 155 Å². The molecule has 1 aliphatic heterocycles. The first-order valence-corrected chi connectivity index (χ1v) is 16.0. The summed E-state index contributed by atoms with van der Waals surface area (Å²) in [5.74, 6) is -2.12. The molecule has 0 bridgehead atoms. The first kappa shape index (κ1) is 35.0. The molecule has 4 aromatic rings. The molecule has 0 fully saturated rings. The van der Waals surface area contributed by atoms with Crippen molar-refractivity contribution < 1.29 is 33.5 Å². The second-order valence-electron chi connectivity index (χ2n) is 9.24. The van der Waals surface area contributed by atoms with Gasteiger partial charge in [0.15, 0.2) is 0 Å².